The van der Waals surface area contributed by atoms with E-state index in [1.54, 1.807) is 6.92 Å². The molecule has 1 aromatic carbocycles. The van der Waals surface area contributed by atoms with E-state index in [0.717, 1.165) is 4.90 Å². The predicted octanol–water partition coefficient (Wildman–Crippen LogP) is 5.16. The molecule has 1 aromatic rings. The molecule has 1 aliphatic rings. The summed E-state index contributed by atoms with van der Waals surface area (Å²) in [5, 5.41) is 0.308. The molecule has 1 heterocycles. The van der Waals surface area contributed by atoms with E-state index in [-0.39, 0.29) is 49.8 Å². The Morgan fingerprint density at radius 1 is 0.800 bits per heavy atom. The van der Waals surface area contributed by atoms with Gasteiger partial charge >= 0.3 is 0 Å². The van der Waals surface area contributed by atoms with Crippen molar-refractivity contribution in [3.8, 4) is 0 Å². The van der Waals surface area contributed by atoms with E-state index in [0.29, 0.717) is 5.56 Å². The molecule has 0 aliphatic carbocycles. The average molecular weight is 375 g/mol. The number of benzene rings is 1. The van der Waals surface area contributed by atoms with Crippen LogP contribution in [0.1, 0.15) is 31.4 Å². The maximum absolute atomic E-state index is 11.8. The molecule has 0 aromatic heterocycles. The summed E-state index contributed by atoms with van der Waals surface area (Å²) in [4.78, 5) is 24.7. The second-order valence-electron chi connectivity index (χ2n) is 4.32. The zero-order chi connectivity index (χ0) is 15.2. The molecule has 3 nitrogen and oxygen atoms in total. The van der Waals surface area contributed by atoms with Gasteiger partial charge in [0.1, 0.15) is 0 Å². The molecular weight excluding hydrogens is 367 g/mol. The Morgan fingerprint density at radius 2 is 1.15 bits per heavy atom. The van der Waals surface area contributed by atoms with Gasteiger partial charge in [0.05, 0.1) is 31.2 Å². The number of likely N-dealkylation sites (tertiary alicyclic amines) is 1. The van der Waals surface area contributed by atoms with E-state index in [1.165, 1.54) is 0 Å². The lowest BCUT2D eigenvalue weighted by molar-refractivity contribution is -0.140. The highest BCUT2D eigenvalue weighted by Crippen LogP contribution is 2.47. The minimum absolute atomic E-state index is 0.0401. The first-order valence-corrected chi connectivity index (χ1v) is 7.52. The van der Waals surface area contributed by atoms with Crippen LogP contribution in [0.2, 0.25) is 25.1 Å². The fourth-order valence-electron chi connectivity index (χ4n) is 2.14. The number of carbonyl (C=O) groups excluding carboxylic acids is 2. The smallest absolute Gasteiger partial charge is 0.230 e. The second-order valence-corrected chi connectivity index (χ2v) is 6.21. The minimum Gasteiger partial charge on any atom is -0.275 e. The molecule has 0 bridgehead atoms. The van der Waals surface area contributed by atoms with Crippen molar-refractivity contribution in [2.75, 3.05) is 0 Å². The van der Waals surface area contributed by atoms with Gasteiger partial charge in [-0.1, -0.05) is 58.0 Å². The molecule has 0 spiro atoms. The molecule has 1 fully saturated rings. The summed E-state index contributed by atoms with van der Waals surface area (Å²) in [6.07, 6.45) is 0.348. The van der Waals surface area contributed by atoms with Gasteiger partial charge in [-0.3, -0.25) is 14.5 Å². The van der Waals surface area contributed by atoms with E-state index in [9.17, 15) is 9.59 Å². The van der Waals surface area contributed by atoms with Gasteiger partial charge in [-0.15, -0.1) is 0 Å². The van der Waals surface area contributed by atoms with Gasteiger partial charge in [-0.25, -0.2) is 0 Å². The summed E-state index contributed by atoms with van der Waals surface area (Å²) in [5.74, 6) is -0.561. The van der Waals surface area contributed by atoms with Crippen LogP contribution in [0.15, 0.2) is 0 Å². The summed E-state index contributed by atoms with van der Waals surface area (Å²) < 4.78 is 0. The first-order valence-electron chi connectivity index (χ1n) is 5.63. The Morgan fingerprint density at radius 3 is 1.55 bits per heavy atom. The monoisotopic (exact) mass is 373 g/mol. The van der Waals surface area contributed by atoms with Crippen molar-refractivity contribution in [2.45, 2.75) is 25.8 Å². The SMILES string of the molecule is C[C@@H](c1c(Cl)c(Cl)c(Cl)c(Cl)c1Cl)N1C(=O)CCC1=O. The van der Waals surface area contributed by atoms with Crippen LogP contribution >= 0.6 is 58.0 Å². The van der Waals surface area contributed by atoms with Crippen LogP contribution in [0.3, 0.4) is 0 Å². The van der Waals surface area contributed by atoms with Crippen LogP contribution in [-0.4, -0.2) is 16.7 Å². The highest BCUT2D eigenvalue weighted by Gasteiger charge is 2.36. The topological polar surface area (TPSA) is 37.4 Å². The Balaban J connectivity index is 2.58. The van der Waals surface area contributed by atoms with Crippen LogP contribution in [0.4, 0.5) is 0 Å². The van der Waals surface area contributed by atoms with Crippen molar-refractivity contribution in [3.05, 3.63) is 30.7 Å². The summed E-state index contributed by atoms with van der Waals surface area (Å²) in [5.41, 5.74) is 0.316. The average Bonchev–Trinajstić information content (AvgIpc) is 2.73. The van der Waals surface area contributed by atoms with E-state index in [2.05, 4.69) is 0 Å². The number of hydrogen-bond acceptors (Lipinski definition) is 2. The lowest BCUT2D eigenvalue weighted by Crippen LogP contribution is -2.32. The molecule has 108 valence electrons. The van der Waals surface area contributed by atoms with Gasteiger partial charge in [-0.2, -0.15) is 0 Å². The molecule has 0 radical (unpaired) electrons. The Bertz CT molecular complexity index is 571. The van der Waals surface area contributed by atoms with Crippen molar-refractivity contribution in [3.63, 3.8) is 0 Å². The molecule has 2 rings (SSSR count). The van der Waals surface area contributed by atoms with E-state index in [4.69, 9.17) is 58.0 Å². The van der Waals surface area contributed by atoms with Crippen molar-refractivity contribution in [2.24, 2.45) is 0 Å². The highest BCUT2D eigenvalue weighted by atomic mass is 35.5. The summed E-state index contributed by atoms with van der Waals surface area (Å²) in [6.45, 7) is 1.63. The number of amides is 2. The number of halogens is 5. The number of rotatable bonds is 2. The molecule has 0 unspecified atom stereocenters. The lowest BCUT2D eigenvalue weighted by atomic mass is 10.1. The predicted molar refractivity (Wildman–Crippen MR) is 81.0 cm³/mol. The fourth-order valence-corrected chi connectivity index (χ4v) is 3.61. The molecule has 1 atom stereocenters. The molecule has 2 amide bonds. The summed E-state index contributed by atoms with van der Waals surface area (Å²) >= 11 is 30.1. The number of hydrogen-bond donors (Lipinski definition) is 0. The zero-order valence-electron chi connectivity index (χ0n) is 10.1. The molecule has 1 aliphatic heterocycles. The molecule has 20 heavy (non-hydrogen) atoms. The summed E-state index contributed by atoms with van der Waals surface area (Å²) in [6, 6.07) is -0.662. The van der Waals surface area contributed by atoms with Crippen molar-refractivity contribution in [1.82, 2.24) is 4.90 Å². The van der Waals surface area contributed by atoms with Crippen LogP contribution in [0.25, 0.3) is 0 Å². The van der Waals surface area contributed by atoms with Gasteiger partial charge in [-0.05, 0) is 6.92 Å². The second kappa shape index (κ2) is 5.90. The van der Waals surface area contributed by atoms with Gasteiger partial charge in [0.2, 0.25) is 11.8 Å². The molecule has 0 saturated carbocycles. The van der Waals surface area contributed by atoms with Crippen molar-refractivity contribution >= 4 is 69.8 Å². The maximum atomic E-state index is 11.8. The van der Waals surface area contributed by atoms with Gasteiger partial charge in [0.15, 0.2) is 0 Å². The number of carbonyl (C=O) groups is 2. The Kier molecular flexibility index (Phi) is 4.77. The largest absolute Gasteiger partial charge is 0.275 e. The van der Waals surface area contributed by atoms with Crippen LogP contribution in [-0.2, 0) is 9.59 Å². The van der Waals surface area contributed by atoms with Crippen LogP contribution in [0.5, 0.6) is 0 Å². The standard InChI is InChI=1S/C12H8Cl5NO2/c1-4(18-5(19)2-3-6(18)20)7-8(13)10(15)12(17)11(16)9(7)14/h4H,2-3H2,1H3/t4-/m0/s1. The van der Waals surface area contributed by atoms with E-state index >= 15 is 0 Å². The van der Waals surface area contributed by atoms with Gasteiger partial charge < -0.3 is 0 Å². The first kappa shape index (κ1) is 16.2. The van der Waals surface area contributed by atoms with Crippen molar-refractivity contribution < 1.29 is 9.59 Å². The Labute approximate surface area is 140 Å². The normalized spacial score (nSPS) is 17.0. The Hall–Kier alpha value is -0.190. The highest BCUT2D eigenvalue weighted by molar-refractivity contribution is 6.55. The molecule has 0 N–H and O–H groups in total. The maximum Gasteiger partial charge on any atom is 0.230 e. The lowest BCUT2D eigenvalue weighted by Gasteiger charge is -2.25. The van der Waals surface area contributed by atoms with Crippen molar-refractivity contribution in [1.29, 1.82) is 0 Å². The third-order valence-electron chi connectivity index (χ3n) is 3.14. The van der Waals surface area contributed by atoms with Crippen LogP contribution in [0, 0.1) is 0 Å². The summed E-state index contributed by atoms with van der Waals surface area (Å²) in [7, 11) is 0. The number of imide groups is 1. The molecule has 1 saturated heterocycles. The fraction of sp³-hybridized carbons (Fsp3) is 0.333. The van der Waals surface area contributed by atoms with Crippen LogP contribution < -0.4 is 0 Å². The third-order valence-corrected chi connectivity index (χ3v) is 5.44. The van der Waals surface area contributed by atoms with Gasteiger partial charge in [0, 0.05) is 18.4 Å². The molecule has 8 heteroatoms. The molecular formula is C12H8Cl5NO2. The number of nitrogens with zero attached hydrogens (tertiary/aromatic N) is 1. The third kappa shape index (κ3) is 2.51. The van der Waals surface area contributed by atoms with Gasteiger partial charge in [0.25, 0.3) is 0 Å². The minimum atomic E-state index is -0.662. The quantitative estimate of drug-likeness (QED) is 0.407. The first-order chi connectivity index (χ1) is 9.27. The zero-order valence-corrected chi connectivity index (χ0v) is 13.9. The van der Waals surface area contributed by atoms with E-state index in [1.807, 2.05) is 0 Å². The van der Waals surface area contributed by atoms with E-state index < -0.39 is 6.04 Å².